The van der Waals surface area contributed by atoms with Crippen LogP contribution in [0.1, 0.15) is 47.9 Å². The van der Waals surface area contributed by atoms with Crippen LogP contribution >= 0.6 is 22.2 Å². The Balaban J connectivity index is 2.00. The van der Waals surface area contributed by atoms with Gasteiger partial charge in [-0.1, -0.05) is 73.5 Å². The molecule has 0 saturated heterocycles. The van der Waals surface area contributed by atoms with Gasteiger partial charge < -0.3 is 0 Å². The second-order valence-electron chi connectivity index (χ2n) is 6.89. The lowest BCUT2D eigenvalue weighted by molar-refractivity contribution is 0.816. The number of benzene rings is 2. The molecule has 3 heteroatoms. The van der Waals surface area contributed by atoms with Crippen molar-refractivity contribution in [3.8, 4) is 0 Å². The van der Waals surface area contributed by atoms with Gasteiger partial charge in [0.05, 0.1) is 0 Å². The van der Waals surface area contributed by atoms with Crippen molar-refractivity contribution in [2.45, 2.75) is 51.6 Å². The van der Waals surface area contributed by atoms with Gasteiger partial charge in [0.25, 0.3) is 6.69 Å². The number of hydrogen-bond donors (Lipinski definition) is 0. The molecule has 0 aliphatic carbocycles. The number of aryl methyl sites for hydroxylation is 2. The van der Waals surface area contributed by atoms with Crippen molar-refractivity contribution in [3.05, 3.63) is 70.8 Å². The highest BCUT2D eigenvalue weighted by Crippen LogP contribution is 2.39. The predicted molar refractivity (Wildman–Crippen MR) is 106 cm³/mol. The summed E-state index contributed by atoms with van der Waals surface area (Å²) in [5.74, 6) is 0.810. The molecule has 0 nitrogen and oxygen atoms in total. The van der Waals surface area contributed by atoms with E-state index in [2.05, 4.69) is 76.2 Å². The SMILES string of the molecule is Cc1ccc(C(C)C[Si](Cl)(Cl)CC(C)c2ccc(C)cc2)cc1. The largest absolute Gasteiger partial charge is 0.252 e. The van der Waals surface area contributed by atoms with Crippen molar-refractivity contribution < 1.29 is 0 Å². The maximum atomic E-state index is 6.79. The summed E-state index contributed by atoms with van der Waals surface area (Å²) < 4.78 is 0. The van der Waals surface area contributed by atoms with Gasteiger partial charge in [0.15, 0.2) is 0 Å². The molecule has 0 fully saturated rings. The van der Waals surface area contributed by atoms with Crippen LogP contribution in [0, 0.1) is 13.8 Å². The maximum Gasteiger partial charge on any atom is 0.252 e. The summed E-state index contributed by atoms with van der Waals surface area (Å²) in [5, 5.41) is 0. The minimum absolute atomic E-state index is 0.405. The van der Waals surface area contributed by atoms with Crippen LogP contribution in [0.4, 0.5) is 0 Å². The van der Waals surface area contributed by atoms with E-state index in [0.717, 1.165) is 12.1 Å². The zero-order chi connectivity index (χ0) is 17.0. The Kier molecular flexibility index (Phi) is 6.36. The minimum atomic E-state index is -2.28. The summed E-state index contributed by atoms with van der Waals surface area (Å²) in [5.41, 5.74) is 5.23. The smallest absolute Gasteiger partial charge is 0.146 e. The van der Waals surface area contributed by atoms with E-state index in [9.17, 15) is 0 Å². The molecule has 0 aliphatic heterocycles. The first kappa shape index (κ1) is 18.6. The van der Waals surface area contributed by atoms with Crippen LogP contribution in [0.3, 0.4) is 0 Å². The highest BCUT2D eigenvalue weighted by Gasteiger charge is 2.33. The Labute approximate surface area is 151 Å². The standard InChI is InChI=1S/C20H26Cl2Si/c1-15-5-9-19(10-6-15)17(3)13-23(21,22)14-18(4)20-11-7-16(2)8-12-20/h5-12,17-18H,13-14H2,1-4H3. The van der Waals surface area contributed by atoms with Crippen molar-refractivity contribution in [1.82, 2.24) is 0 Å². The molecule has 2 aromatic carbocycles. The summed E-state index contributed by atoms with van der Waals surface area (Å²) in [6.07, 6.45) is 0. The zero-order valence-electron chi connectivity index (χ0n) is 14.4. The lowest BCUT2D eigenvalue weighted by atomic mass is 10.0. The average molecular weight is 365 g/mol. The molecular formula is C20H26Cl2Si. The fraction of sp³-hybridized carbons (Fsp3) is 0.400. The Hall–Kier alpha value is -0.763. The second-order valence-corrected chi connectivity index (χ2v) is 14.3. The van der Waals surface area contributed by atoms with Gasteiger partial charge in [-0.25, -0.2) is 0 Å². The van der Waals surface area contributed by atoms with Crippen LogP contribution in [0.5, 0.6) is 0 Å². The molecule has 0 saturated carbocycles. The molecular weight excluding hydrogens is 339 g/mol. The summed E-state index contributed by atoms with van der Waals surface area (Å²) in [4.78, 5) is 0. The van der Waals surface area contributed by atoms with Gasteiger partial charge in [-0.2, -0.15) is 0 Å². The van der Waals surface area contributed by atoms with Crippen molar-refractivity contribution in [2.75, 3.05) is 0 Å². The quantitative estimate of drug-likeness (QED) is 0.377. The van der Waals surface area contributed by atoms with Crippen molar-refractivity contribution in [1.29, 1.82) is 0 Å². The molecule has 0 aliphatic rings. The third-order valence-electron chi connectivity index (χ3n) is 4.50. The fourth-order valence-corrected chi connectivity index (χ4v) is 8.21. The molecule has 2 unspecified atom stereocenters. The summed E-state index contributed by atoms with van der Waals surface area (Å²) in [6.45, 7) is 6.40. The van der Waals surface area contributed by atoms with Crippen molar-refractivity contribution in [2.24, 2.45) is 0 Å². The second kappa shape index (κ2) is 7.87. The maximum absolute atomic E-state index is 6.79. The highest BCUT2D eigenvalue weighted by atomic mass is 35.7. The fourth-order valence-electron chi connectivity index (χ4n) is 3.00. The molecule has 23 heavy (non-hydrogen) atoms. The normalized spacial score (nSPS) is 14.5. The van der Waals surface area contributed by atoms with E-state index in [1.54, 1.807) is 0 Å². The summed E-state index contributed by atoms with van der Waals surface area (Å²) >= 11 is 13.6. The van der Waals surface area contributed by atoms with Crippen LogP contribution in [0.15, 0.2) is 48.5 Å². The lowest BCUT2D eigenvalue weighted by Crippen LogP contribution is -2.23. The van der Waals surface area contributed by atoms with E-state index in [4.69, 9.17) is 22.2 Å². The number of hydrogen-bond acceptors (Lipinski definition) is 0. The molecule has 2 aromatic rings. The first-order valence-electron chi connectivity index (χ1n) is 8.28. The molecule has 2 rings (SSSR count). The van der Waals surface area contributed by atoms with Crippen molar-refractivity contribution in [3.63, 3.8) is 0 Å². The van der Waals surface area contributed by atoms with Crippen molar-refractivity contribution >= 4 is 28.9 Å². The van der Waals surface area contributed by atoms with E-state index in [0.29, 0.717) is 11.8 Å². The van der Waals surface area contributed by atoms with Crippen LogP contribution in [0.25, 0.3) is 0 Å². The lowest BCUT2D eigenvalue weighted by Gasteiger charge is -2.25. The molecule has 0 radical (unpaired) electrons. The van der Waals surface area contributed by atoms with E-state index in [1.165, 1.54) is 22.3 Å². The average Bonchev–Trinajstić information content (AvgIpc) is 2.47. The van der Waals surface area contributed by atoms with E-state index in [-0.39, 0.29) is 0 Å². The van der Waals surface area contributed by atoms with E-state index in [1.807, 2.05) is 0 Å². The van der Waals surface area contributed by atoms with Gasteiger partial charge in [0, 0.05) is 0 Å². The first-order valence-corrected chi connectivity index (χ1v) is 12.7. The van der Waals surface area contributed by atoms with Crippen LogP contribution in [-0.2, 0) is 0 Å². The third kappa shape index (κ3) is 5.67. The van der Waals surface area contributed by atoms with Crippen LogP contribution in [0.2, 0.25) is 12.1 Å². The summed E-state index contributed by atoms with van der Waals surface area (Å²) in [7, 11) is 0. The van der Waals surface area contributed by atoms with Gasteiger partial charge in [0.2, 0.25) is 0 Å². The monoisotopic (exact) mass is 364 g/mol. The zero-order valence-corrected chi connectivity index (χ0v) is 17.0. The Morgan fingerprint density at radius 2 is 1.00 bits per heavy atom. The highest BCUT2D eigenvalue weighted by molar-refractivity contribution is 7.45. The van der Waals surface area contributed by atoms with E-state index < -0.39 is 6.69 Å². The molecule has 0 bridgehead atoms. The number of rotatable bonds is 6. The minimum Gasteiger partial charge on any atom is -0.146 e. The molecule has 2 atom stereocenters. The first-order chi connectivity index (χ1) is 10.8. The van der Waals surface area contributed by atoms with Gasteiger partial charge in [-0.15, -0.1) is 22.2 Å². The molecule has 0 heterocycles. The van der Waals surface area contributed by atoms with Gasteiger partial charge >= 0.3 is 0 Å². The number of halogens is 2. The van der Waals surface area contributed by atoms with Crippen LogP contribution in [-0.4, -0.2) is 6.69 Å². The molecule has 124 valence electrons. The van der Waals surface area contributed by atoms with Gasteiger partial charge in [-0.05, 0) is 48.9 Å². The third-order valence-corrected chi connectivity index (χ3v) is 8.77. The molecule has 0 spiro atoms. The Morgan fingerprint density at radius 1 is 0.696 bits per heavy atom. The topological polar surface area (TPSA) is 0 Å². The molecule has 0 amide bonds. The Morgan fingerprint density at radius 3 is 1.30 bits per heavy atom. The van der Waals surface area contributed by atoms with Crippen LogP contribution < -0.4 is 0 Å². The molecule has 0 aromatic heterocycles. The predicted octanol–water partition coefficient (Wildman–Crippen LogP) is 7.13. The molecule has 0 N–H and O–H groups in total. The summed E-state index contributed by atoms with van der Waals surface area (Å²) in [6, 6.07) is 19.2. The van der Waals surface area contributed by atoms with Gasteiger partial charge in [-0.3, -0.25) is 0 Å². The van der Waals surface area contributed by atoms with E-state index >= 15 is 0 Å². The van der Waals surface area contributed by atoms with Gasteiger partial charge in [0.1, 0.15) is 0 Å². The Bertz CT molecular complexity index is 562.